The zero-order valence-electron chi connectivity index (χ0n) is 43.2. The van der Waals surface area contributed by atoms with Gasteiger partial charge in [0.05, 0.1) is 0 Å². The fourth-order valence-electron chi connectivity index (χ4n) is 12.5. The predicted molar refractivity (Wildman–Crippen MR) is 304 cm³/mol. The summed E-state index contributed by atoms with van der Waals surface area (Å²) in [7, 11) is 0. The maximum atomic E-state index is 3.76. The van der Waals surface area contributed by atoms with Crippen LogP contribution < -0.4 is 10.6 Å². The summed E-state index contributed by atoms with van der Waals surface area (Å²) in [6.07, 6.45) is 25.2. The summed E-state index contributed by atoms with van der Waals surface area (Å²) in [5.74, 6) is 0. The van der Waals surface area contributed by atoms with Crippen molar-refractivity contribution in [3.05, 3.63) is 180 Å². The second kappa shape index (κ2) is 23.4. The van der Waals surface area contributed by atoms with Gasteiger partial charge in [-0.15, -0.1) is 0 Å². The number of para-hydroxylation sites is 2. The molecule has 70 heavy (non-hydrogen) atoms. The Balaban J connectivity index is 1.06. The highest BCUT2D eigenvalue weighted by Gasteiger charge is 2.44. The topological polar surface area (TPSA) is 24.1 Å². The van der Waals surface area contributed by atoms with Crippen LogP contribution in [0, 0.1) is 0 Å². The summed E-state index contributed by atoms with van der Waals surface area (Å²) < 4.78 is 0. The van der Waals surface area contributed by atoms with Crippen molar-refractivity contribution in [2.24, 2.45) is 0 Å². The smallest absolute Gasteiger partial charge is 0.0387 e. The molecule has 0 aliphatic heterocycles. The molecular formula is C68H80N2. The van der Waals surface area contributed by atoms with Crippen molar-refractivity contribution in [3.63, 3.8) is 0 Å². The van der Waals surface area contributed by atoms with Gasteiger partial charge in [0.2, 0.25) is 0 Å². The van der Waals surface area contributed by atoms with Crippen molar-refractivity contribution in [1.29, 1.82) is 0 Å². The molecule has 0 bridgehead atoms. The largest absolute Gasteiger partial charge is 0.356 e. The third-order valence-electron chi connectivity index (χ3n) is 16.2. The Morgan fingerprint density at radius 2 is 0.571 bits per heavy atom. The number of hydrogen-bond acceptors (Lipinski definition) is 2. The van der Waals surface area contributed by atoms with Gasteiger partial charge in [0.15, 0.2) is 0 Å². The van der Waals surface area contributed by atoms with Crippen LogP contribution in [0.4, 0.5) is 22.7 Å². The maximum Gasteiger partial charge on any atom is 0.0387 e. The van der Waals surface area contributed by atoms with E-state index in [0.29, 0.717) is 0 Å². The third kappa shape index (κ3) is 10.6. The number of fused-ring (bicyclic) bond motifs is 6. The number of unbranched alkanes of at least 4 members (excludes halogenated alkanes) is 12. The average molecular weight is 925 g/mol. The molecule has 0 radical (unpaired) electrons. The zero-order chi connectivity index (χ0) is 48.2. The molecule has 2 heteroatoms. The lowest BCUT2D eigenvalue weighted by atomic mass is 9.70. The number of benzene rings is 7. The molecule has 0 saturated carbocycles. The molecule has 0 spiro atoms. The number of nitrogens with one attached hydrogen (secondary N) is 2. The third-order valence-corrected chi connectivity index (χ3v) is 16.2. The normalized spacial score (nSPS) is 13.7. The Kier molecular flexibility index (Phi) is 16.4. The highest BCUT2D eigenvalue weighted by atomic mass is 14.9. The van der Waals surface area contributed by atoms with E-state index in [9.17, 15) is 0 Å². The quantitative estimate of drug-likeness (QED) is 0.0529. The van der Waals surface area contributed by atoms with E-state index in [1.54, 1.807) is 11.1 Å². The monoisotopic (exact) mass is 925 g/mol. The second-order valence-corrected chi connectivity index (χ2v) is 21.0. The molecule has 362 valence electrons. The van der Waals surface area contributed by atoms with E-state index >= 15 is 0 Å². The van der Waals surface area contributed by atoms with Crippen molar-refractivity contribution in [2.45, 2.75) is 167 Å². The summed E-state index contributed by atoms with van der Waals surface area (Å²) in [5, 5.41) is 7.53. The molecule has 9 rings (SSSR count). The molecule has 0 atom stereocenters. The summed E-state index contributed by atoms with van der Waals surface area (Å²) in [4.78, 5) is 0. The van der Waals surface area contributed by atoms with Crippen LogP contribution in [0.3, 0.4) is 0 Å². The van der Waals surface area contributed by atoms with Crippen LogP contribution in [0.15, 0.2) is 158 Å². The van der Waals surface area contributed by atoms with Crippen molar-refractivity contribution in [1.82, 2.24) is 0 Å². The first-order valence-corrected chi connectivity index (χ1v) is 27.8. The molecule has 2 aliphatic carbocycles. The molecule has 2 nitrogen and oxygen atoms in total. The van der Waals surface area contributed by atoms with Gasteiger partial charge < -0.3 is 10.6 Å². The number of rotatable bonds is 26. The highest BCUT2D eigenvalue weighted by molar-refractivity contribution is 5.88. The van der Waals surface area contributed by atoms with Gasteiger partial charge in [-0.1, -0.05) is 227 Å². The van der Waals surface area contributed by atoms with Crippen LogP contribution in [0.25, 0.3) is 44.5 Å². The summed E-state index contributed by atoms with van der Waals surface area (Å²) >= 11 is 0. The van der Waals surface area contributed by atoms with Gasteiger partial charge in [0.1, 0.15) is 0 Å². The van der Waals surface area contributed by atoms with Crippen molar-refractivity contribution >= 4 is 22.7 Å². The Morgan fingerprint density at radius 3 is 0.900 bits per heavy atom. The minimum absolute atomic E-state index is 0.00355. The lowest BCUT2D eigenvalue weighted by Gasteiger charge is -2.33. The van der Waals surface area contributed by atoms with Gasteiger partial charge in [-0.25, -0.2) is 0 Å². The summed E-state index contributed by atoms with van der Waals surface area (Å²) in [6.45, 7) is 9.34. The average Bonchev–Trinajstić information content (AvgIpc) is 3.82. The van der Waals surface area contributed by atoms with Gasteiger partial charge in [0.25, 0.3) is 0 Å². The zero-order valence-corrected chi connectivity index (χ0v) is 43.2. The van der Waals surface area contributed by atoms with E-state index in [0.717, 1.165) is 11.4 Å². The molecule has 0 fully saturated rings. The molecule has 0 unspecified atom stereocenters. The molecule has 0 aromatic heterocycles. The first kappa shape index (κ1) is 49.1. The van der Waals surface area contributed by atoms with Gasteiger partial charge in [-0.2, -0.15) is 0 Å². The lowest BCUT2D eigenvalue weighted by Crippen LogP contribution is -2.25. The molecule has 7 aromatic carbocycles. The molecular weight excluding hydrogens is 845 g/mol. The van der Waals surface area contributed by atoms with Gasteiger partial charge in [0, 0.05) is 33.6 Å². The van der Waals surface area contributed by atoms with Crippen molar-refractivity contribution in [2.75, 3.05) is 10.6 Å². The maximum absolute atomic E-state index is 3.76. The highest BCUT2D eigenvalue weighted by Crippen LogP contribution is 2.57. The number of hydrogen-bond donors (Lipinski definition) is 2. The van der Waals surface area contributed by atoms with E-state index in [1.807, 2.05) is 0 Å². The van der Waals surface area contributed by atoms with Crippen LogP contribution >= 0.6 is 0 Å². The van der Waals surface area contributed by atoms with Gasteiger partial charge in [-0.3, -0.25) is 0 Å². The standard InChI is InChI=1S/C68H80N2/c1-5-9-13-23-43-67(44-24-14-10-6-2)63-47-53(35-39-59(63)61-41-37-57(49-65(61)67)69-55-27-19-17-20-28-55)51-31-33-52(34-32-51)54-36-40-60-62-42-38-58(70-56-29-21-18-22-30-56)50-66(62)68(64(60)48-54,45-25-15-11-7-3)46-26-16-12-8-4/h17-22,27-42,47-50,69-70H,5-16,23-26,43-46H2,1-4H3. The summed E-state index contributed by atoms with van der Waals surface area (Å²) in [5.41, 5.74) is 21.8. The second-order valence-electron chi connectivity index (χ2n) is 21.0. The molecule has 2 N–H and O–H groups in total. The predicted octanol–water partition coefficient (Wildman–Crippen LogP) is 20.9. The molecule has 0 heterocycles. The molecule has 0 saturated heterocycles. The number of anilines is 4. The Labute approximate surface area is 422 Å². The Morgan fingerprint density at radius 1 is 0.271 bits per heavy atom. The van der Waals surface area contributed by atoms with Crippen LogP contribution in [0.5, 0.6) is 0 Å². The Bertz CT molecular complexity index is 2550. The minimum atomic E-state index is -0.00355. The van der Waals surface area contributed by atoms with E-state index in [2.05, 4.69) is 196 Å². The fourth-order valence-corrected chi connectivity index (χ4v) is 12.5. The van der Waals surface area contributed by atoms with Crippen molar-refractivity contribution < 1.29 is 0 Å². The van der Waals surface area contributed by atoms with Crippen LogP contribution in [-0.4, -0.2) is 0 Å². The SMILES string of the molecule is CCCCCCC1(CCCCCC)c2cc(Nc3ccccc3)ccc2-c2ccc(-c3ccc(-c4ccc5c(c4)C(CCCCCC)(CCCCCC)c4cc(Nc6ccccc6)ccc4-5)cc3)cc21. The van der Waals surface area contributed by atoms with Crippen LogP contribution in [-0.2, 0) is 10.8 Å². The van der Waals surface area contributed by atoms with E-state index in [1.165, 1.54) is 195 Å². The van der Waals surface area contributed by atoms with Crippen LogP contribution in [0.1, 0.15) is 178 Å². The van der Waals surface area contributed by atoms with Gasteiger partial charge in [-0.05, 0) is 153 Å². The molecule has 2 aliphatic rings. The fraction of sp³-hybridized carbons (Fsp3) is 0.382. The van der Waals surface area contributed by atoms with Crippen LogP contribution in [0.2, 0.25) is 0 Å². The van der Waals surface area contributed by atoms with E-state index in [4.69, 9.17) is 0 Å². The molecule has 7 aromatic rings. The first-order chi connectivity index (χ1) is 34.5. The Hall–Kier alpha value is -5.86. The van der Waals surface area contributed by atoms with Crippen molar-refractivity contribution in [3.8, 4) is 44.5 Å². The molecule has 0 amide bonds. The lowest BCUT2D eigenvalue weighted by molar-refractivity contribution is 0.401. The van der Waals surface area contributed by atoms with Gasteiger partial charge >= 0.3 is 0 Å². The van der Waals surface area contributed by atoms with E-state index < -0.39 is 0 Å². The summed E-state index contributed by atoms with van der Waals surface area (Å²) in [6, 6.07) is 60.3. The minimum Gasteiger partial charge on any atom is -0.356 e. The van der Waals surface area contributed by atoms with E-state index in [-0.39, 0.29) is 10.8 Å². The first-order valence-electron chi connectivity index (χ1n) is 27.8.